The third kappa shape index (κ3) is 3.03. The second-order valence-electron chi connectivity index (χ2n) is 5.82. The van der Waals surface area contributed by atoms with Crippen LogP contribution in [-0.2, 0) is 19.1 Å². The number of esters is 2. The molecule has 0 unspecified atom stereocenters. The van der Waals surface area contributed by atoms with E-state index >= 15 is 0 Å². The highest BCUT2D eigenvalue weighted by Crippen LogP contribution is 2.34. The van der Waals surface area contributed by atoms with Gasteiger partial charge in [0.2, 0.25) is 0 Å². The molecule has 0 saturated heterocycles. The van der Waals surface area contributed by atoms with E-state index in [0.717, 1.165) is 51.4 Å². The van der Waals surface area contributed by atoms with Gasteiger partial charge in [-0.3, -0.25) is 9.59 Å². The van der Waals surface area contributed by atoms with Crippen LogP contribution >= 0.6 is 0 Å². The lowest BCUT2D eigenvalue weighted by atomic mass is 9.95. The average molecular weight is 252 g/mol. The van der Waals surface area contributed by atoms with Gasteiger partial charge in [0.25, 0.3) is 0 Å². The fraction of sp³-hybridized carbons (Fsp3) is 0.857. The molecule has 0 spiro atoms. The van der Waals surface area contributed by atoms with Crippen LogP contribution in [0.25, 0.3) is 0 Å². The van der Waals surface area contributed by atoms with E-state index < -0.39 is 0 Å². The normalized spacial score (nSPS) is 31.8. The zero-order valence-corrected chi connectivity index (χ0v) is 10.6. The zero-order chi connectivity index (χ0) is 12.5. The van der Waals surface area contributed by atoms with E-state index in [1.165, 1.54) is 0 Å². The first-order chi connectivity index (χ1) is 8.72. The fourth-order valence-corrected chi connectivity index (χ4v) is 2.43. The molecule has 3 fully saturated rings. The molecule has 0 aliphatic heterocycles. The molecule has 18 heavy (non-hydrogen) atoms. The molecule has 3 aliphatic rings. The Morgan fingerprint density at radius 3 is 1.22 bits per heavy atom. The lowest BCUT2D eigenvalue weighted by molar-refractivity contribution is -0.159. The van der Waals surface area contributed by atoms with Crippen molar-refractivity contribution in [2.45, 2.75) is 63.6 Å². The number of carbonyl (C=O) groups is 2. The smallest absolute Gasteiger partial charge is 0.309 e. The van der Waals surface area contributed by atoms with Crippen LogP contribution in [0.2, 0.25) is 0 Å². The Labute approximate surface area is 107 Å². The van der Waals surface area contributed by atoms with Crippen LogP contribution in [0, 0.1) is 11.8 Å². The van der Waals surface area contributed by atoms with Gasteiger partial charge in [0.05, 0.1) is 11.8 Å². The monoisotopic (exact) mass is 252 g/mol. The SMILES string of the molecule is O=C(OC1CCC(OC(=O)C2CC2)CC1)C1CC1. The van der Waals surface area contributed by atoms with Gasteiger partial charge in [0, 0.05) is 0 Å². The van der Waals surface area contributed by atoms with E-state index in [1.54, 1.807) is 0 Å². The van der Waals surface area contributed by atoms with E-state index in [0.29, 0.717) is 0 Å². The summed E-state index contributed by atoms with van der Waals surface area (Å²) < 4.78 is 10.9. The summed E-state index contributed by atoms with van der Waals surface area (Å²) >= 11 is 0. The Bertz CT molecular complexity index is 302. The molecule has 0 aromatic carbocycles. The number of rotatable bonds is 4. The van der Waals surface area contributed by atoms with E-state index in [-0.39, 0.29) is 36.0 Å². The molecular formula is C14H20O4. The van der Waals surface area contributed by atoms with Crippen molar-refractivity contribution in [1.82, 2.24) is 0 Å². The quantitative estimate of drug-likeness (QED) is 0.720. The van der Waals surface area contributed by atoms with Gasteiger partial charge in [0.15, 0.2) is 0 Å². The molecule has 3 saturated carbocycles. The maximum absolute atomic E-state index is 11.5. The lowest BCUT2D eigenvalue weighted by Gasteiger charge is -2.28. The molecule has 4 nitrogen and oxygen atoms in total. The van der Waals surface area contributed by atoms with Crippen molar-refractivity contribution in [3.8, 4) is 0 Å². The Morgan fingerprint density at radius 1 is 0.611 bits per heavy atom. The van der Waals surface area contributed by atoms with Crippen molar-refractivity contribution in [3.05, 3.63) is 0 Å². The average Bonchev–Trinajstić information content (AvgIpc) is 3.22. The summed E-state index contributed by atoms with van der Waals surface area (Å²) in [4.78, 5) is 23.0. The van der Waals surface area contributed by atoms with Crippen molar-refractivity contribution >= 4 is 11.9 Å². The van der Waals surface area contributed by atoms with E-state index in [2.05, 4.69) is 0 Å². The van der Waals surface area contributed by atoms with Crippen LogP contribution < -0.4 is 0 Å². The van der Waals surface area contributed by atoms with Crippen molar-refractivity contribution < 1.29 is 19.1 Å². The number of carbonyl (C=O) groups excluding carboxylic acids is 2. The van der Waals surface area contributed by atoms with Crippen molar-refractivity contribution in [2.24, 2.45) is 11.8 Å². The first kappa shape index (κ1) is 12.0. The largest absolute Gasteiger partial charge is 0.462 e. The predicted octanol–water partition coefficient (Wildman–Crippen LogP) is 2.20. The Morgan fingerprint density at radius 2 is 0.944 bits per heavy atom. The summed E-state index contributed by atoms with van der Waals surface area (Å²) in [6.07, 6.45) is 7.41. The van der Waals surface area contributed by atoms with Crippen molar-refractivity contribution in [1.29, 1.82) is 0 Å². The van der Waals surface area contributed by atoms with Gasteiger partial charge >= 0.3 is 11.9 Å². The number of hydrogen-bond acceptors (Lipinski definition) is 4. The van der Waals surface area contributed by atoms with Crippen LogP contribution in [0.3, 0.4) is 0 Å². The molecule has 3 aliphatic carbocycles. The van der Waals surface area contributed by atoms with Crippen LogP contribution in [0.15, 0.2) is 0 Å². The molecule has 0 radical (unpaired) electrons. The van der Waals surface area contributed by atoms with Gasteiger partial charge < -0.3 is 9.47 Å². The first-order valence-corrected chi connectivity index (χ1v) is 7.13. The molecule has 100 valence electrons. The van der Waals surface area contributed by atoms with E-state index in [1.807, 2.05) is 0 Å². The van der Waals surface area contributed by atoms with Crippen molar-refractivity contribution in [2.75, 3.05) is 0 Å². The minimum atomic E-state index is -0.0200. The number of ether oxygens (including phenoxy) is 2. The van der Waals surface area contributed by atoms with Gasteiger partial charge in [-0.2, -0.15) is 0 Å². The topological polar surface area (TPSA) is 52.6 Å². The van der Waals surface area contributed by atoms with Gasteiger partial charge in [-0.1, -0.05) is 0 Å². The molecule has 0 bridgehead atoms. The summed E-state index contributed by atoms with van der Waals surface area (Å²) in [6.45, 7) is 0. The van der Waals surface area contributed by atoms with Gasteiger partial charge in [-0.25, -0.2) is 0 Å². The lowest BCUT2D eigenvalue weighted by Crippen LogP contribution is -2.30. The Kier molecular flexibility index (Phi) is 3.27. The zero-order valence-electron chi connectivity index (χ0n) is 10.6. The second-order valence-corrected chi connectivity index (χ2v) is 5.82. The Hall–Kier alpha value is -1.06. The highest BCUT2D eigenvalue weighted by molar-refractivity contribution is 5.75. The maximum Gasteiger partial charge on any atom is 0.309 e. The van der Waals surface area contributed by atoms with Crippen LogP contribution in [0.5, 0.6) is 0 Å². The predicted molar refractivity (Wildman–Crippen MR) is 63.7 cm³/mol. The van der Waals surface area contributed by atoms with Crippen LogP contribution in [0.1, 0.15) is 51.4 Å². The van der Waals surface area contributed by atoms with Gasteiger partial charge in [-0.05, 0) is 51.4 Å². The minimum absolute atomic E-state index is 0.0200. The third-order valence-electron chi connectivity index (χ3n) is 4.01. The molecule has 0 heterocycles. The van der Waals surface area contributed by atoms with Gasteiger partial charge in [-0.15, -0.1) is 0 Å². The summed E-state index contributed by atoms with van der Waals surface area (Å²) in [7, 11) is 0. The summed E-state index contributed by atoms with van der Waals surface area (Å²) in [6, 6.07) is 0. The molecule has 3 rings (SSSR count). The molecule has 0 N–H and O–H groups in total. The summed E-state index contributed by atoms with van der Waals surface area (Å²) in [5.74, 6) is 0.313. The van der Waals surface area contributed by atoms with Gasteiger partial charge in [0.1, 0.15) is 12.2 Å². The molecule has 0 amide bonds. The maximum atomic E-state index is 11.5. The third-order valence-corrected chi connectivity index (χ3v) is 4.01. The van der Waals surface area contributed by atoms with Crippen LogP contribution in [-0.4, -0.2) is 24.1 Å². The van der Waals surface area contributed by atoms with E-state index in [4.69, 9.17) is 9.47 Å². The molecule has 0 atom stereocenters. The summed E-state index contributed by atoms with van der Waals surface area (Å²) in [5.41, 5.74) is 0. The Balaban J connectivity index is 1.37. The molecule has 0 aromatic rings. The standard InChI is InChI=1S/C14H20O4/c15-13(9-1-2-9)17-11-5-7-12(8-6-11)18-14(16)10-3-4-10/h9-12H,1-8H2. The minimum Gasteiger partial charge on any atom is -0.462 e. The highest BCUT2D eigenvalue weighted by Gasteiger charge is 2.36. The molecular weight excluding hydrogens is 232 g/mol. The van der Waals surface area contributed by atoms with Crippen molar-refractivity contribution in [3.63, 3.8) is 0 Å². The van der Waals surface area contributed by atoms with E-state index in [9.17, 15) is 9.59 Å². The second kappa shape index (κ2) is 4.90. The highest BCUT2D eigenvalue weighted by atomic mass is 16.6. The summed E-state index contributed by atoms with van der Waals surface area (Å²) in [5, 5.41) is 0. The van der Waals surface area contributed by atoms with Crippen LogP contribution in [0.4, 0.5) is 0 Å². The first-order valence-electron chi connectivity index (χ1n) is 7.13. The fourth-order valence-electron chi connectivity index (χ4n) is 2.43. The molecule has 0 aromatic heterocycles. The molecule has 4 heteroatoms. The number of hydrogen-bond donors (Lipinski definition) is 0.